The maximum atomic E-state index is 6.24. The molecule has 16 heavy (non-hydrogen) atoms. The molecule has 0 heterocycles. The van der Waals surface area contributed by atoms with Crippen molar-refractivity contribution in [3.05, 3.63) is 23.3 Å². The van der Waals surface area contributed by atoms with Gasteiger partial charge in [0, 0.05) is 6.04 Å². The standard InChI is InChI=1S/C13H19NO2/c1-8-6-10(15-2)12(11(7-8)16-3)13(14)9-4-5-9/h6-7,9,13H,4-5,14H2,1-3H3/t13-/m1/s1. The summed E-state index contributed by atoms with van der Waals surface area (Å²) in [5, 5.41) is 0. The predicted molar refractivity (Wildman–Crippen MR) is 63.9 cm³/mol. The zero-order valence-electron chi connectivity index (χ0n) is 10.1. The molecule has 0 aromatic heterocycles. The summed E-state index contributed by atoms with van der Waals surface area (Å²) < 4.78 is 10.8. The lowest BCUT2D eigenvalue weighted by atomic mass is 9.99. The Morgan fingerprint density at radius 3 is 2.06 bits per heavy atom. The van der Waals surface area contributed by atoms with Crippen molar-refractivity contribution in [3.63, 3.8) is 0 Å². The normalized spacial score (nSPS) is 17.0. The van der Waals surface area contributed by atoms with Crippen LogP contribution in [0.15, 0.2) is 12.1 Å². The third-order valence-electron chi connectivity index (χ3n) is 3.15. The first-order chi connectivity index (χ1) is 7.67. The Labute approximate surface area is 96.5 Å². The summed E-state index contributed by atoms with van der Waals surface area (Å²) in [6.45, 7) is 2.03. The van der Waals surface area contributed by atoms with Crippen LogP contribution in [0.25, 0.3) is 0 Å². The summed E-state index contributed by atoms with van der Waals surface area (Å²) in [7, 11) is 3.36. The van der Waals surface area contributed by atoms with Crippen molar-refractivity contribution in [3.8, 4) is 11.5 Å². The lowest BCUT2D eigenvalue weighted by Gasteiger charge is -2.19. The molecule has 1 aliphatic carbocycles. The Morgan fingerprint density at radius 2 is 1.69 bits per heavy atom. The van der Waals surface area contributed by atoms with E-state index in [1.807, 2.05) is 19.1 Å². The van der Waals surface area contributed by atoms with Gasteiger partial charge in [0.25, 0.3) is 0 Å². The van der Waals surface area contributed by atoms with Gasteiger partial charge in [0.2, 0.25) is 0 Å². The Balaban J connectivity index is 2.45. The molecule has 2 N–H and O–H groups in total. The van der Waals surface area contributed by atoms with Crippen LogP contribution in [0.4, 0.5) is 0 Å². The number of rotatable bonds is 4. The summed E-state index contributed by atoms with van der Waals surface area (Å²) in [5.41, 5.74) is 8.38. The third kappa shape index (κ3) is 2.00. The van der Waals surface area contributed by atoms with Crippen LogP contribution < -0.4 is 15.2 Å². The maximum Gasteiger partial charge on any atom is 0.127 e. The van der Waals surface area contributed by atoms with Gasteiger partial charge in [0.1, 0.15) is 11.5 Å². The van der Waals surface area contributed by atoms with Crippen LogP contribution in [0.5, 0.6) is 11.5 Å². The van der Waals surface area contributed by atoms with Crippen LogP contribution >= 0.6 is 0 Å². The molecule has 0 radical (unpaired) electrons. The smallest absolute Gasteiger partial charge is 0.127 e. The van der Waals surface area contributed by atoms with Crippen LogP contribution in [0.1, 0.15) is 30.0 Å². The van der Waals surface area contributed by atoms with Crippen LogP contribution in [0.2, 0.25) is 0 Å². The molecule has 0 unspecified atom stereocenters. The highest BCUT2D eigenvalue weighted by Gasteiger charge is 2.33. The van der Waals surface area contributed by atoms with Gasteiger partial charge >= 0.3 is 0 Å². The fourth-order valence-electron chi connectivity index (χ4n) is 2.09. The van der Waals surface area contributed by atoms with E-state index in [2.05, 4.69) is 0 Å². The minimum Gasteiger partial charge on any atom is -0.496 e. The summed E-state index contributed by atoms with van der Waals surface area (Å²) in [6.07, 6.45) is 2.42. The molecule has 0 aliphatic heterocycles. The Morgan fingerprint density at radius 1 is 1.19 bits per heavy atom. The van der Waals surface area contributed by atoms with Gasteiger partial charge in [-0.25, -0.2) is 0 Å². The molecule has 3 nitrogen and oxygen atoms in total. The highest BCUT2D eigenvalue weighted by atomic mass is 16.5. The zero-order valence-corrected chi connectivity index (χ0v) is 10.1. The van der Waals surface area contributed by atoms with Crippen molar-refractivity contribution in [1.82, 2.24) is 0 Å². The summed E-state index contributed by atoms with van der Waals surface area (Å²) in [6, 6.07) is 4.06. The van der Waals surface area contributed by atoms with E-state index in [4.69, 9.17) is 15.2 Å². The zero-order chi connectivity index (χ0) is 11.7. The predicted octanol–water partition coefficient (Wildman–Crippen LogP) is 2.42. The molecule has 1 aromatic carbocycles. The highest BCUT2D eigenvalue weighted by Crippen LogP contribution is 2.45. The van der Waals surface area contributed by atoms with Gasteiger partial charge in [-0.05, 0) is 43.4 Å². The van der Waals surface area contributed by atoms with Gasteiger partial charge in [0.05, 0.1) is 19.8 Å². The van der Waals surface area contributed by atoms with Gasteiger partial charge in [-0.15, -0.1) is 0 Å². The van der Waals surface area contributed by atoms with Gasteiger partial charge in [-0.1, -0.05) is 0 Å². The second-order valence-corrected chi connectivity index (χ2v) is 4.45. The molecule has 1 atom stereocenters. The molecule has 1 aromatic rings. The molecular weight excluding hydrogens is 202 g/mol. The van der Waals surface area contributed by atoms with Crippen molar-refractivity contribution >= 4 is 0 Å². The van der Waals surface area contributed by atoms with Crippen LogP contribution in [0, 0.1) is 12.8 Å². The van der Waals surface area contributed by atoms with Gasteiger partial charge < -0.3 is 15.2 Å². The lowest BCUT2D eigenvalue weighted by Crippen LogP contribution is -2.15. The van der Waals surface area contributed by atoms with E-state index in [1.54, 1.807) is 14.2 Å². The summed E-state index contributed by atoms with van der Waals surface area (Å²) in [4.78, 5) is 0. The topological polar surface area (TPSA) is 44.5 Å². The van der Waals surface area contributed by atoms with E-state index in [9.17, 15) is 0 Å². The van der Waals surface area contributed by atoms with Gasteiger partial charge in [0.15, 0.2) is 0 Å². The molecule has 0 saturated heterocycles. The quantitative estimate of drug-likeness (QED) is 0.849. The van der Waals surface area contributed by atoms with E-state index < -0.39 is 0 Å². The average Bonchev–Trinajstić information content (AvgIpc) is 3.10. The number of nitrogens with two attached hydrogens (primary N) is 1. The van der Waals surface area contributed by atoms with E-state index in [1.165, 1.54) is 12.8 Å². The average molecular weight is 221 g/mol. The summed E-state index contributed by atoms with van der Waals surface area (Å²) >= 11 is 0. The molecule has 0 bridgehead atoms. The van der Waals surface area contributed by atoms with Crippen LogP contribution in [-0.4, -0.2) is 14.2 Å². The van der Waals surface area contributed by atoms with Crippen LogP contribution in [-0.2, 0) is 0 Å². The monoisotopic (exact) mass is 221 g/mol. The first kappa shape index (κ1) is 11.3. The SMILES string of the molecule is COc1cc(C)cc(OC)c1[C@H](N)C1CC1. The largest absolute Gasteiger partial charge is 0.496 e. The molecule has 1 saturated carbocycles. The molecular formula is C13H19NO2. The van der Waals surface area contributed by atoms with Gasteiger partial charge in [-0.2, -0.15) is 0 Å². The maximum absolute atomic E-state index is 6.24. The van der Waals surface area contributed by atoms with E-state index >= 15 is 0 Å². The number of aryl methyl sites for hydroxylation is 1. The molecule has 88 valence electrons. The molecule has 0 spiro atoms. The lowest BCUT2D eigenvalue weighted by molar-refractivity contribution is 0.374. The highest BCUT2D eigenvalue weighted by molar-refractivity contribution is 5.50. The van der Waals surface area contributed by atoms with E-state index in [0.717, 1.165) is 22.6 Å². The van der Waals surface area contributed by atoms with Gasteiger partial charge in [-0.3, -0.25) is 0 Å². The number of ether oxygens (including phenoxy) is 2. The Hall–Kier alpha value is -1.22. The fraction of sp³-hybridized carbons (Fsp3) is 0.538. The number of hydrogen-bond donors (Lipinski definition) is 1. The molecule has 1 fully saturated rings. The second-order valence-electron chi connectivity index (χ2n) is 4.45. The number of methoxy groups -OCH3 is 2. The Bertz CT molecular complexity index is 361. The molecule has 0 amide bonds. The first-order valence-electron chi connectivity index (χ1n) is 5.65. The van der Waals surface area contributed by atoms with E-state index in [0.29, 0.717) is 5.92 Å². The van der Waals surface area contributed by atoms with Crippen molar-refractivity contribution in [2.45, 2.75) is 25.8 Å². The van der Waals surface area contributed by atoms with Crippen molar-refractivity contribution < 1.29 is 9.47 Å². The first-order valence-corrected chi connectivity index (χ1v) is 5.65. The van der Waals surface area contributed by atoms with Crippen molar-refractivity contribution in [2.75, 3.05) is 14.2 Å². The second kappa shape index (κ2) is 4.34. The number of benzene rings is 1. The van der Waals surface area contributed by atoms with Crippen molar-refractivity contribution in [1.29, 1.82) is 0 Å². The van der Waals surface area contributed by atoms with E-state index in [-0.39, 0.29) is 6.04 Å². The summed E-state index contributed by atoms with van der Waals surface area (Å²) in [5.74, 6) is 2.28. The van der Waals surface area contributed by atoms with Crippen LogP contribution in [0.3, 0.4) is 0 Å². The third-order valence-corrected chi connectivity index (χ3v) is 3.15. The van der Waals surface area contributed by atoms with Crippen molar-refractivity contribution in [2.24, 2.45) is 11.7 Å². The Kier molecular flexibility index (Phi) is 3.06. The number of hydrogen-bond acceptors (Lipinski definition) is 3. The molecule has 1 aliphatic rings. The minimum absolute atomic E-state index is 0.0329. The molecule has 2 rings (SSSR count). The fourth-order valence-corrected chi connectivity index (χ4v) is 2.09. The molecule has 3 heteroatoms. The minimum atomic E-state index is 0.0329.